The second kappa shape index (κ2) is 5.29. The molecule has 20 heavy (non-hydrogen) atoms. The normalized spacial score (nSPS) is 16.5. The van der Waals surface area contributed by atoms with Crippen LogP contribution in [0.5, 0.6) is 0 Å². The smallest absolute Gasteiger partial charge is 0.242 e. The molecule has 2 rings (SSSR count). The molecule has 0 aliphatic heterocycles. The zero-order valence-corrected chi connectivity index (χ0v) is 11.9. The number of sulfonamides is 1. The molecule has 1 saturated carbocycles. The van der Waals surface area contributed by atoms with E-state index in [1.165, 1.54) is 12.1 Å². The first-order valence-corrected chi connectivity index (χ1v) is 7.80. The van der Waals surface area contributed by atoms with Crippen LogP contribution in [0.4, 0.5) is 11.4 Å². The molecule has 0 radical (unpaired) electrons. The van der Waals surface area contributed by atoms with E-state index in [0.29, 0.717) is 5.69 Å². The fraction of sp³-hybridized carbons (Fsp3) is 0.417. The van der Waals surface area contributed by atoms with Crippen molar-refractivity contribution in [3.05, 3.63) is 18.2 Å². The number of rotatable bonds is 5. The summed E-state index contributed by atoms with van der Waals surface area (Å²) in [5.41, 5.74) is 6.33. The first kappa shape index (κ1) is 14.6. The zero-order valence-electron chi connectivity index (χ0n) is 11.1. The van der Waals surface area contributed by atoms with Gasteiger partial charge in [-0.15, -0.1) is 0 Å². The molecule has 110 valence electrons. The molecule has 0 aromatic heterocycles. The number of nitrogens with two attached hydrogens (primary N) is 2. The van der Waals surface area contributed by atoms with E-state index < -0.39 is 16.1 Å². The summed E-state index contributed by atoms with van der Waals surface area (Å²) in [4.78, 5) is 11.7. The van der Waals surface area contributed by atoms with Crippen LogP contribution in [0.25, 0.3) is 0 Å². The topological polar surface area (TPSA) is 127 Å². The number of primary sulfonamides is 1. The fourth-order valence-electron chi connectivity index (χ4n) is 1.74. The number of nitrogens with one attached hydrogen (secondary N) is 2. The Morgan fingerprint density at radius 3 is 2.55 bits per heavy atom. The van der Waals surface area contributed by atoms with Crippen LogP contribution in [0.1, 0.15) is 19.8 Å². The van der Waals surface area contributed by atoms with Gasteiger partial charge in [0.2, 0.25) is 15.9 Å². The van der Waals surface area contributed by atoms with Gasteiger partial charge in [0.1, 0.15) is 6.04 Å². The molecule has 1 aliphatic carbocycles. The van der Waals surface area contributed by atoms with Crippen molar-refractivity contribution in [2.24, 2.45) is 5.14 Å². The molecule has 1 amide bonds. The largest absolute Gasteiger partial charge is 0.399 e. The summed E-state index contributed by atoms with van der Waals surface area (Å²) in [6.45, 7) is 1.69. The summed E-state index contributed by atoms with van der Waals surface area (Å²) >= 11 is 0. The highest BCUT2D eigenvalue weighted by atomic mass is 32.2. The van der Waals surface area contributed by atoms with Crippen LogP contribution < -0.4 is 21.5 Å². The summed E-state index contributed by atoms with van der Waals surface area (Å²) < 4.78 is 22.7. The predicted octanol–water partition coefficient (Wildman–Crippen LogP) is -0.00480. The molecule has 7 nitrogen and oxygen atoms in total. The van der Waals surface area contributed by atoms with Gasteiger partial charge >= 0.3 is 0 Å². The number of hydrogen-bond donors (Lipinski definition) is 4. The Bertz CT molecular complexity index is 626. The lowest BCUT2D eigenvalue weighted by atomic mass is 10.2. The van der Waals surface area contributed by atoms with Crippen LogP contribution >= 0.6 is 0 Å². The third-order valence-electron chi connectivity index (χ3n) is 2.96. The van der Waals surface area contributed by atoms with Crippen molar-refractivity contribution in [2.75, 3.05) is 11.1 Å². The number of amides is 1. The molecule has 1 aromatic carbocycles. The van der Waals surface area contributed by atoms with Crippen molar-refractivity contribution in [2.45, 2.75) is 36.7 Å². The molecule has 0 saturated heterocycles. The molecule has 6 N–H and O–H groups in total. The summed E-state index contributed by atoms with van der Waals surface area (Å²) in [5.74, 6) is -0.132. The standard InChI is InChI=1S/C12H18N4O3S/c1-7(12(17)16-9-2-3-9)15-10-4-8(13)5-11(6-10)20(14,18)19/h4-7,9,15H,2-3,13H2,1H3,(H,16,17)(H2,14,18,19). The lowest BCUT2D eigenvalue weighted by Crippen LogP contribution is -2.38. The maximum Gasteiger partial charge on any atom is 0.242 e. The van der Waals surface area contributed by atoms with Crippen molar-refractivity contribution in [1.82, 2.24) is 5.32 Å². The minimum Gasteiger partial charge on any atom is -0.399 e. The minimum atomic E-state index is -3.83. The van der Waals surface area contributed by atoms with E-state index in [4.69, 9.17) is 10.9 Å². The number of benzene rings is 1. The first-order valence-electron chi connectivity index (χ1n) is 6.26. The molecule has 1 unspecified atom stereocenters. The number of nitrogen functional groups attached to an aromatic ring is 1. The number of anilines is 2. The quantitative estimate of drug-likeness (QED) is 0.569. The molecule has 1 atom stereocenters. The van der Waals surface area contributed by atoms with Gasteiger partial charge in [-0.2, -0.15) is 0 Å². The average Bonchev–Trinajstić information content (AvgIpc) is 3.10. The van der Waals surface area contributed by atoms with Crippen molar-refractivity contribution < 1.29 is 13.2 Å². The van der Waals surface area contributed by atoms with E-state index in [0.717, 1.165) is 12.8 Å². The van der Waals surface area contributed by atoms with Gasteiger partial charge in [-0.1, -0.05) is 0 Å². The van der Waals surface area contributed by atoms with Crippen LogP contribution in [0.3, 0.4) is 0 Å². The van der Waals surface area contributed by atoms with Gasteiger partial charge in [-0.3, -0.25) is 4.79 Å². The molecular weight excluding hydrogens is 280 g/mol. The molecule has 8 heteroatoms. The third-order valence-corrected chi connectivity index (χ3v) is 3.85. The van der Waals surface area contributed by atoms with Gasteiger partial charge in [0.15, 0.2) is 0 Å². The Kier molecular flexibility index (Phi) is 3.87. The number of hydrogen-bond acceptors (Lipinski definition) is 5. The van der Waals surface area contributed by atoms with Crippen LogP contribution in [0.2, 0.25) is 0 Å². The second-order valence-electron chi connectivity index (χ2n) is 4.98. The van der Waals surface area contributed by atoms with Crippen LogP contribution in [0, 0.1) is 0 Å². The van der Waals surface area contributed by atoms with Crippen molar-refractivity contribution in [3.8, 4) is 0 Å². The average molecular weight is 298 g/mol. The minimum absolute atomic E-state index is 0.0881. The van der Waals surface area contributed by atoms with Crippen LogP contribution in [-0.2, 0) is 14.8 Å². The van der Waals surface area contributed by atoms with Gasteiger partial charge in [0, 0.05) is 17.4 Å². The van der Waals surface area contributed by atoms with E-state index in [-0.39, 0.29) is 22.5 Å². The highest BCUT2D eigenvalue weighted by Gasteiger charge is 2.25. The third kappa shape index (κ3) is 3.84. The maximum atomic E-state index is 11.8. The van der Waals surface area contributed by atoms with Crippen molar-refractivity contribution in [3.63, 3.8) is 0 Å². The predicted molar refractivity (Wildman–Crippen MR) is 76.5 cm³/mol. The monoisotopic (exact) mass is 298 g/mol. The second-order valence-corrected chi connectivity index (χ2v) is 6.55. The van der Waals surface area contributed by atoms with E-state index in [1.54, 1.807) is 13.0 Å². The van der Waals surface area contributed by atoms with Gasteiger partial charge < -0.3 is 16.4 Å². The van der Waals surface area contributed by atoms with Crippen molar-refractivity contribution in [1.29, 1.82) is 0 Å². The summed E-state index contributed by atoms with van der Waals surface area (Å²) in [6.07, 6.45) is 2.01. The van der Waals surface area contributed by atoms with Gasteiger partial charge in [-0.05, 0) is 38.0 Å². The molecule has 0 bridgehead atoms. The summed E-state index contributed by atoms with van der Waals surface area (Å²) in [6, 6.07) is 3.95. The van der Waals surface area contributed by atoms with Crippen LogP contribution in [-0.4, -0.2) is 26.4 Å². The number of carbonyl (C=O) groups is 1. The molecule has 0 heterocycles. The van der Waals surface area contributed by atoms with E-state index >= 15 is 0 Å². The lowest BCUT2D eigenvalue weighted by molar-refractivity contribution is -0.121. The Morgan fingerprint density at radius 1 is 1.35 bits per heavy atom. The number of carbonyl (C=O) groups excluding carboxylic acids is 1. The SMILES string of the molecule is CC(Nc1cc(N)cc(S(N)(=O)=O)c1)C(=O)NC1CC1. The van der Waals surface area contributed by atoms with Gasteiger partial charge in [0.25, 0.3) is 0 Å². The first-order chi connectivity index (χ1) is 9.25. The van der Waals surface area contributed by atoms with E-state index in [9.17, 15) is 13.2 Å². The maximum absolute atomic E-state index is 11.8. The van der Waals surface area contributed by atoms with Crippen LogP contribution in [0.15, 0.2) is 23.1 Å². The van der Waals surface area contributed by atoms with Gasteiger partial charge in [-0.25, -0.2) is 13.6 Å². The molecule has 1 aliphatic rings. The molecule has 1 aromatic rings. The van der Waals surface area contributed by atoms with E-state index in [2.05, 4.69) is 10.6 Å². The molecule has 0 spiro atoms. The lowest BCUT2D eigenvalue weighted by Gasteiger charge is -2.16. The summed E-state index contributed by atoms with van der Waals surface area (Å²) in [5, 5.41) is 10.8. The highest BCUT2D eigenvalue weighted by Crippen LogP contribution is 2.21. The Labute approximate surface area is 117 Å². The zero-order chi connectivity index (χ0) is 14.9. The van der Waals surface area contributed by atoms with Gasteiger partial charge in [0.05, 0.1) is 4.90 Å². The highest BCUT2D eigenvalue weighted by molar-refractivity contribution is 7.89. The Morgan fingerprint density at radius 2 is 2.00 bits per heavy atom. The fourth-order valence-corrected chi connectivity index (χ4v) is 2.33. The Balaban J connectivity index is 2.12. The molecule has 1 fully saturated rings. The van der Waals surface area contributed by atoms with E-state index in [1.807, 2.05) is 0 Å². The van der Waals surface area contributed by atoms with Crippen molar-refractivity contribution >= 4 is 27.3 Å². The summed E-state index contributed by atoms with van der Waals surface area (Å²) in [7, 11) is -3.83. The molecular formula is C12H18N4O3S. The Hall–Kier alpha value is -1.80.